The van der Waals surface area contributed by atoms with Crippen LogP contribution in [0.3, 0.4) is 0 Å². The maximum Gasteiger partial charge on any atom is 0.152 e. The molecule has 0 radical (unpaired) electrons. The summed E-state index contributed by atoms with van der Waals surface area (Å²) in [5.41, 5.74) is 2.65. The summed E-state index contributed by atoms with van der Waals surface area (Å²) in [5.74, 6) is 0. The Balaban J connectivity index is 1.94. The van der Waals surface area contributed by atoms with E-state index in [-0.39, 0.29) is 6.10 Å². The molecule has 1 heterocycles. The lowest BCUT2D eigenvalue weighted by Crippen LogP contribution is -3.21. The summed E-state index contributed by atoms with van der Waals surface area (Å²) in [7, 11) is 0. The van der Waals surface area contributed by atoms with E-state index in [4.69, 9.17) is 0 Å². The third kappa shape index (κ3) is 2.17. The Morgan fingerprint density at radius 3 is 1.67 bits per heavy atom. The number of nitrogens with one attached hydrogen (secondary N) is 1. The maximum absolute atomic E-state index is 9.54. The third-order valence-electron chi connectivity index (χ3n) is 3.67. The summed E-state index contributed by atoms with van der Waals surface area (Å²) in [6, 6.07) is 21.5. The summed E-state index contributed by atoms with van der Waals surface area (Å²) in [4.78, 5) is 1.44. The van der Waals surface area contributed by atoms with Crippen molar-refractivity contribution in [3.05, 3.63) is 71.8 Å². The highest BCUT2D eigenvalue weighted by atomic mass is 16.3. The lowest BCUT2D eigenvalue weighted by atomic mass is 9.94. The first-order valence-electron chi connectivity index (χ1n) is 6.47. The van der Waals surface area contributed by atoms with E-state index in [1.807, 2.05) is 12.1 Å². The van der Waals surface area contributed by atoms with Gasteiger partial charge in [-0.05, 0) is 0 Å². The van der Waals surface area contributed by atoms with Gasteiger partial charge in [0.2, 0.25) is 0 Å². The number of benzene rings is 2. The monoisotopic (exact) mass is 240 g/mol. The van der Waals surface area contributed by atoms with E-state index >= 15 is 0 Å². The lowest BCUT2D eigenvalue weighted by molar-refractivity contribution is -0.972. The Kier molecular flexibility index (Phi) is 3.13. The molecule has 1 aliphatic heterocycles. The van der Waals surface area contributed by atoms with Crippen LogP contribution in [0.4, 0.5) is 0 Å². The van der Waals surface area contributed by atoms with Crippen molar-refractivity contribution < 1.29 is 10.0 Å². The van der Waals surface area contributed by atoms with Crippen molar-refractivity contribution >= 4 is 0 Å². The highest BCUT2D eigenvalue weighted by Crippen LogP contribution is 2.19. The van der Waals surface area contributed by atoms with E-state index in [2.05, 4.69) is 48.5 Å². The normalized spacial score (nSPS) is 22.8. The van der Waals surface area contributed by atoms with Gasteiger partial charge in [-0.1, -0.05) is 60.7 Å². The molecule has 0 aliphatic carbocycles. The fourth-order valence-corrected chi connectivity index (χ4v) is 2.74. The zero-order chi connectivity index (χ0) is 12.4. The summed E-state index contributed by atoms with van der Waals surface area (Å²) >= 11 is 0. The fourth-order valence-electron chi connectivity index (χ4n) is 2.74. The Morgan fingerprint density at radius 1 is 0.833 bits per heavy atom. The minimum atomic E-state index is -0.130. The Labute approximate surface area is 107 Å². The summed E-state index contributed by atoms with van der Waals surface area (Å²) in [6.07, 6.45) is -0.130. The molecule has 0 spiro atoms. The van der Waals surface area contributed by atoms with Crippen molar-refractivity contribution in [2.24, 2.45) is 0 Å². The average Bonchev–Trinajstić information content (AvgIpc) is 2.40. The smallest absolute Gasteiger partial charge is 0.152 e. The first kappa shape index (κ1) is 11.5. The van der Waals surface area contributed by atoms with Crippen LogP contribution in [-0.2, 0) is 0 Å². The zero-order valence-electron chi connectivity index (χ0n) is 10.3. The highest BCUT2D eigenvalue weighted by Gasteiger charge is 2.37. The number of quaternary nitrogens is 1. The Bertz CT molecular complexity index is 452. The zero-order valence-corrected chi connectivity index (χ0v) is 10.3. The number of aliphatic hydroxyl groups excluding tert-OH is 1. The van der Waals surface area contributed by atoms with Crippen LogP contribution >= 0.6 is 0 Å². The van der Waals surface area contributed by atoms with E-state index in [9.17, 15) is 5.11 Å². The van der Waals surface area contributed by atoms with E-state index in [0.29, 0.717) is 6.04 Å². The first-order valence-corrected chi connectivity index (χ1v) is 6.47. The number of likely N-dealkylation sites (tertiary alicyclic amines) is 1. The molecule has 3 rings (SSSR count). The average molecular weight is 240 g/mol. The molecule has 0 bridgehead atoms. The van der Waals surface area contributed by atoms with Gasteiger partial charge in [0.05, 0.1) is 0 Å². The molecule has 0 atom stereocenters. The van der Waals surface area contributed by atoms with Gasteiger partial charge in [0.15, 0.2) is 6.10 Å². The number of hydrogen-bond donors (Lipinski definition) is 2. The van der Waals surface area contributed by atoms with E-state index in [1.165, 1.54) is 16.0 Å². The van der Waals surface area contributed by atoms with E-state index < -0.39 is 0 Å². The second-order valence-corrected chi connectivity index (χ2v) is 4.97. The Morgan fingerprint density at radius 2 is 1.28 bits per heavy atom. The van der Waals surface area contributed by atoms with Crippen LogP contribution < -0.4 is 4.90 Å². The molecule has 2 heteroatoms. The van der Waals surface area contributed by atoms with Crippen LogP contribution in [0, 0.1) is 0 Å². The molecular formula is C16H18NO+. The topological polar surface area (TPSA) is 24.7 Å². The highest BCUT2D eigenvalue weighted by molar-refractivity contribution is 5.29. The molecule has 0 unspecified atom stereocenters. The van der Waals surface area contributed by atoms with Gasteiger partial charge in [-0.15, -0.1) is 0 Å². The predicted molar refractivity (Wildman–Crippen MR) is 71.4 cm³/mol. The summed E-state index contributed by atoms with van der Waals surface area (Å²) in [6.45, 7) is 1.68. The van der Waals surface area contributed by atoms with Crippen LogP contribution in [0.25, 0.3) is 0 Å². The second-order valence-electron chi connectivity index (χ2n) is 4.97. The predicted octanol–water partition coefficient (Wildman–Crippen LogP) is 1.04. The van der Waals surface area contributed by atoms with Crippen molar-refractivity contribution in [2.75, 3.05) is 13.1 Å². The van der Waals surface area contributed by atoms with Crippen LogP contribution in [-0.4, -0.2) is 24.3 Å². The van der Waals surface area contributed by atoms with Crippen LogP contribution in [0.5, 0.6) is 0 Å². The molecule has 92 valence electrons. The molecule has 2 N–H and O–H groups in total. The van der Waals surface area contributed by atoms with Crippen molar-refractivity contribution in [1.29, 1.82) is 0 Å². The largest absolute Gasteiger partial charge is 0.382 e. The van der Waals surface area contributed by atoms with Gasteiger partial charge in [0, 0.05) is 11.1 Å². The Hall–Kier alpha value is -1.64. The summed E-state index contributed by atoms with van der Waals surface area (Å²) < 4.78 is 0. The molecule has 2 aromatic rings. The minimum absolute atomic E-state index is 0.130. The van der Waals surface area contributed by atoms with Gasteiger partial charge in [-0.2, -0.15) is 0 Å². The van der Waals surface area contributed by atoms with Gasteiger partial charge in [-0.3, -0.25) is 0 Å². The van der Waals surface area contributed by atoms with E-state index in [0.717, 1.165) is 13.1 Å². The number of rotatable bonds is 3. The molecule has 0 aromatic heterocycles. The first-order chi connectivity index (χ1) is 8.84. The van der Waals surface area contributed by atoms with Crippen LogP contribution in [0.15, 0.2) is 60.7 Å². The molecule has 2 nitrogen and oxygen atoms in total. The lowest BCUT2D eigenvalue weighted by Gasteiger charge is -2.38. The van der Waals surface area contributed by atoms with E-state index in [1.54, 1.807) is 0 Å². The van der Waals surface area contributed by atoms with Crippen LogP contribution in [0.2, 0.25) is 0 Å². The molecule has 0 saturated carbocycles. The maximum atomic E-state index is 9.54. The quantitative estimate of drug-likeness (QED) is 0.823. The molecule has 1 fully saturated rings. The molecule has 2 aromatic carbocycles. The molecular weight excluding hydrogens is 222 g/mol. The van der Waals surface area contributed by atoms with Crippen molar-refractivity contribution in [3.63, 3.8) is 0 Å². The van der Waals surface area contributed by atoms with Crippen molar-refractivity contribution in [3.8, 4) is 0 Å². The van der Waals surface area contributed by atoms with Gasteiger partial charge < -0.3 is 10.0 Å². The van der Waals surface area contributed by atoms with Gasteiger partial charge in [0.1, 0.15) is 19.1 Å². The van der Waals surface area contributed by atoms with Gasteiger partial charge in [-0.25, -0.2) is 0 Å². The molecule has 1 saturated heterocycles. The van der Waals surface area contributed by atoms with Gasteiger partial charge >= 0.3 is 0 Å². The van der Waals surface area contributed by atoms with Crippen LogP contribution in [0.1, 0.15) is 17.2 Å². The number of aliphatic hydroxyl groups is 1. The minimum Gasteiger partial charge on any atom is -0.382 e. The molecule has 18 heavy (non-hydrogen) atoms. The standard InChI is InChI=1S/C16H17NO/c18-15-11-17(12-15)16(13-7-3-1-4-8-13)14-9-5-2-6-10-14/h1-10,15-16,18H,11-12H2/p+1. The molecule has 0 amide bonds. The second kappa shape index (κ2) is 4.92. The number of hydrogen-bond acceptors (Lipinski definition) is 1. The summed E-state index contributed by atoms with van der Waals surface area (Å²) in [5, 5.41) is 9.54. The SMILES string of the molecule is OC1C[NH+](C(c2ccccc2)c2ccccc2)C1. The fraction of sp³-hybridized carbons (Fsp3) is 0.250. The van der Waals surface area contributed by atoms with Gasteiger partial charge in [0.25, 0.3) is 0 Å². The van der Waals surface area contributed by atoms with Crippen molar-refractivity contribution in [1.82, 2.24) is 0 Å². The molecule has 1 aliphatic rings. The van der Waals surface area contributed by atoms with Crippen molar-refractivity contribution in [2.45, 2.75) is 12.1 Å². The third-order valence-corrected chi connectivity index (χ3v) is 3.67.